The van der Waals surface area contributed by atoms with E-state index < -0.39 is 10.0 Å². The van der Waals surface area contributed by atoms with Gasteiger partial charge in [0.1, 0.15) is 0 Å². The largest absolute Gasteiger partial charge is 0.326 e. The predicted molar refractivity (Wildman–Crippen MR) is 64.8 cm³/mol. The highest BCUT2D eigenvalue weighted by Gasteiger charge is 2.19. The molecular weight excluding hydrogens is 260 g/mol. The average molecular weight is 272 g/mol. The van der Waals surface area contributed by atoms with Crippen LogP contribution in [0.1, 0.15) is 11.1 Å². The second-order valence-electron chi connectivity index (χ2n) is 3.38. The fourth-order valence-corrected chi connectivity index (χ4v) is 3.14. The van der Waals surface area contributed by atoms with Crippen LogP contribution in [-0.4, -0.2) is 18.6 Å². The first-order valence-electron chi connectivity index (χ1n) is 4.86. The molecule has 0 aliphatic carbocycles. The molecule has 0 spiro atoms. The van der Waals surface area contributed by atoms with Crippen molar-refractivity contribution in [3.05, 3.63) is 34.2 Å². The Morgan fingerprint density at radius 3 is 3.00 bits per heavy atom. The highest BCUT2D eigenvalue weighted by atomic mass is 32.2. The summed E-state index contributed by atoms with van der Waals surface area (Å²) in [4.78, 5) is 0. The first-order valence-corrected chi connectivity index (χ1v) is 7.29. The summed E-state index contributed by atoms with van der Waals surface area (Å²) < 4.78 is 26.4. The molecule has 8 heteroatoms. The number of hydrogen-bond donors (Lipinski definition) is 3. The summed E-state index contributed by atoms with van der Waals surface area (Å²) >= 11 is 1.52. The highest BCUT2D eigenvalue weighted by molar-refractivity contribution is 7.89. The van der Waals surface area contributed by atoms with E-state index in [0.717, 1.165) is 5.56 Å². The molecule has 0 aliphatic heterocycles. The van der Waals surface area contributed by atoms with Crippen molar-refractivity contribution in [2.45, 2.75) is 18.1 Å². The summed E-state index contributed by atoms with van der Waals surface area (Å²) in [5, 5.41) is 9.95. The van der Waals surface area contributed by atoms with E-state index in [9.17, 15) is 8.42 Å². The Morgan fingerprint density at radius 2 is 2.35 bits per heavy atom. The summed E-state index contributed by atoms with van der Waals surface area (Å²) in [6, 6.07) is 1.87. The lowest BCUT2D eigenvalue weighted by Gasteiger charge is -2.05. The van der Waals surface area contributed by atoms with Crippen molar-refractivity contribution >= 4 is 21.4 Å². The van der Waals surface area contributed by atoms with Crippen molar-refractivity contribution < 1.29 is 8.42 Å². The van der Waals surface area contributed by atoms with Crippen molar-refractivity contribution in [1.29, 1.82) is 0 Å². The minimum atomic E-state index is -3.58. The van der Waals surface area contributed by atoms with E-state index in [-0.39, 0.29) is 18.1 Å². The minimum absolute atomic E-state index is 0.0372. The van der Waals surface area contributed by atoms with Gasteiger partial charge >= 0.3 is 0 Å². The molecule has 6 nitrogen and oxygen atoms in total. The third-order valence-corrected chi connectivity index (χ3v) is 4.36. The molecule has 0 unspecified atom stereocenters. The lowest BCUT2D eigenvalue weighted by atomic mass is 10.4. The average Bonchev–Trinajstić information content (AvgIpc) is 2.97. The maximum absolute atomic E-state index is 11.9. The van der Waals surface area contributed by atoms with E-state index in [1.165, 1.54) is 17.5 Å². The Morgan fingerprint density at radius 1 is 1.53 bits per heavy atom. The fraction of sp³-hybridized carbons (Fsp3) is 0.222. The highest BCUT2D eigenvalue weighted by Crippen LogP contribution is 2.12. The molecule has 0 radical (unpaired) electrons. The summed E-state index contributed by atoms with van der Waals surface area (Å²) in [6.07, 6.45) is 1.42. The number of rotatable bonds is 5. The van der Waals surface area contributed by atoms with E-state index in [1.54, 1.807) is 0 Å². The van der Waals surface area contributed by atoms with E-state index >= 15 is 0 Å². The molecule has 17 heavy (non-hydrogen) atoms. The standard InChI is InChI=1S/C9H12N4O2S2/c10-3-8-5-11-13-9(8)17(14,15)12-4-7-1-2-16-6-7/h1-2,5-6,12H,3-4,10H2,(H,11,13). The van der Waals surface area contributed by atoms with Gasteiger partial charge in [-0.15, -0.1) is 0 Å². The summed E-state index contributed by atoms with van der Waals surface area (Å²) in [7, 11) is -3.58. The van der Waals surface area contributed by atoms with E-state index in [0.29, 0.717) is 5.56 Å². The zero-order valence-corrected chi connectivity index (χ0v) is 10.5. The number of thiophene rings is 1. The van der Waals surface area contributed by atoms with Gasteiger partial charge in [0, 0.05) is 18.7 Å². The normalized spacial score (nSPS) is 11.8. The van der Waals surface area contributed by atoms with Crippen LogP contribution in [-0.2, 0) is 23.1 Å². The maximum atomic E-state index is 11.9. The maximum Gasteiger partial charge on any atom is 0.258 e. The lowest BCUT2D eigenvalue weighted by Crippen LogP contribution is -2.24. The molecule has 0 saturated carbocycles. The van der Waals surface area contributed by atoms with Crippen molar-refractivity contribution in [2.24, 2.45) is 5.73 Å². The van der Waals surface area contributed by atoms with Gasteiger partial charge in [-0.2, -0.15) is 16.4 Å². The second-order valence-corrected chi connectivity index (χ2v) is 5.87. The monoisotopic (exact) mass is 272 g/mol. The van der Waals surface area contributed by atoms with Crippen LogP contribution in [0.4, 0.5) is 0 Å². The number of H-pyrrole nitrogens is 1. The Hall–Kier alpha value is -1.22. The van der Waals surface area contributed by atoms with E-state index in [1.807, 2.05) is 16.8 Å². The van der Waals surface area contributed by atoms with Crippen molar-refractivity contribution in [3.63, 3.8) is 0 Å². The number of nitrogens with two attached hydrogens (primary N) is 1. The van der Waals surface area contributed by atoms with E-state index in [4.69, 9.17) is 5.73 Å². The van der Waals surface area contributed by atoms with Crippen LogP contribution in [0.3, 0.4) is 0 Å². The van der Waals surface area contributed by atoms with Gasteiger partial charge in [-0.25, -0.2) is 13.1 Å². The quantitative estimate of drug-likeness (QED) is 0.733. The molecule has 0 atom stereocenters. The first-order chi connectivity index (χ1) is 8.13. The van der Waals surface area contributed by atoms with Gasteiger partial charge in [-0.05, 0) is 22.4 Å². The molecule has 0 aromatic carbocycles. The van der Waals surface area contributed by atoms with Gasteiger partial charge in [0.15, 0.2) is 5.03 Å². The van der Waals surface area contributed by atoms with Crippen LogP contribution in [0, 0.1) is 0 Å². The van der Waals surface area contributed by atoms with Crippen molar-refractivity contribution in [2.75, 3.05) is 0 Å². The third-order valence-electron chi connectivity index (χ3n) is 2.21. The van der Waals surface area contributed by atoms with Crippen LogP contribution >= 0.6 is 11.3 Å². The predicted octanol–water partition coefficient (Wildman–Crippen LogP) is 0.408. The van der Waals surface area contributed by atoms with Gasteiger partial charge in [-0.3, -0.25) is 5.10 Å². The van der Waals surface area contributed by atoms with Crippen LogP contribution in [0.15, 0.2) is 28.0 Å². The summed E-state index contributed by atoms with van der Waals surface area (Å²) in [5.41, 5.74) is 6.83. The molecule has 2 aromatic heterocycles. The van der Waals surface area contributed by atoms with Crippen molar-refractivity contribution in [3.8, 4) is 0 Å². The molecule has 0 saturated heterocycles. The van der Waals surface area contributed by atoms with Gasteiger partial charge < -0.3 is 5.73 Å². The number of sulfonamides is 1. The Labute approximate surface area is 103 Å². The SMILES string of the molecule is NCc1cn[nH]c1S(=O)(=O)NCc1ccsc1. The Bertz CT molecular complexity index is 574. The second kappa shape index (κ2) is 4.96. The zero-order chi connectivity index (χ0) is 12.3. The molecule has 0 amide bonds. The minimum Gasteiger partial charge on any atom is -0.326 e. The topological polar surface area (TPSA) is 101 Å². The molecule has 0 aliphatic rings. The smallest absolute Gasteiger partial charge is 0.258 e. The molecular formula is C9H12N4O2S2. The summed E-state index contributed by atoms with van der Waals surface area (Å²) in [5.74, 6) is 0. The van der Waals surface area contributed by atoms with Gasteiger partial charge in [0.25, 0.3) is 10.0 Å². The fourth-order valence-electron chi connectivity index (χ4n) is 1.32. The Kier molecular flexibility index (Phi) is 3.57. The zero-order valence-electron chi connectivity index (χ0n) is 8.88. The number of nitrogens with one attached hydrogen (secondary N) is 2. The van der Waals surface area contributed by atoms with Crippen LogP contribution in [0.5, 0.6) is 0 Å². The molecule has 2 rings (SSSR count). The molecule has 4 N–H and O–H groups in total. The molecule has 2 aromatic rings. The first kappa shape index (κ1) is 12.2. The van der Waals surface area contributed by atoms with E-state index in [2.05, 4.69) is 14.9 Å². The van der Waals surface area contributed by atoms with Gasteiger partial charge in [-0.1, -0.05) is 0 Å². The Balaban J connectivity index is 2.14. The van der Waals surface area contributed by atoms with Gasteiger partial charge in [0.2, 0.25) is 0 Å². The number of nitrogens with zero attached hydrogens (tertiary/aromatic N) is 1. The number of aromatic nitrogens is 2. The molecule has 0 fully saturated rings. The number of aromatic amines is 1. The molecule has 2 heterocycles. The third kappa shape index (κ3) is 2.72. The van der Waals surface area contributed by atoms with Crippen molar-refractivity contribution in [1.82, 2.24) is 14.9 Å². The molecule has 92 valence electrons. The van der Waals surface area contributed by atoms with Crippen LogP contribution in [0.2, 0.25) is 0 Å². The summed E-state index contributed by atoms with van der Waals surface area (Å²) in [6.45, 7) is 0.389. The van der Waals surface area contributed by atoms with Gasteiger partial charge in [0.05, 0.1) is 6.20 Å². The van der Waals surface area contributed by atoms with Crippen LogP contribution in [0.25, 0.3) is 0 Å². The lowest BCUT2D eigenvalue weighted by molar-refractivity contribution is 0.575. The number of hydrogen-bond acceptors (Lipinski definition) is 5. The molecule has 0 bridgehead atoms. The van der Waals surface area contributed by atoms with Crippen LogP contribution < -0.4 is 10.5 Å².